The topological polar surface area (TPSA) is 45.1 Å². The SMILES string of the molecule is Cc1ccc(O)c(CNc2cc(F)c(F)c(F)c2)n1. The Balaban J connectivity index is 2.17. The van der Waals surface area contributed by atoms with E-state index in [1.54, 1.807) is 13.0 Å². The molecule has 0 saturated heterocycles. The highest BCUT2D eigenvalue weighted by atomic mass is 19.2. The minimum Gasteiger partial charge on any atom is -0.506 e. The van der Waals surface area contributed by atoms with Crippen molar-refractivity contribution in [2.24, 2.45) is 0 Å². The molecule has 0 aliphatic carbocycles. The normalized spacial score (nSPS) is 10.5. The van der Waals surface area contributed by atoms with Gasteiger partial charge in [-0.2, -0.15) is 0 Å². The molecule has 0 radical (unpaired) electrons. The summed E-state index contributed by atoms with van der Waals surface area (Å²) in [6.07, 6.45) is 0. The minimum atomic E-state index is -1.51. The number of aromatic nitrogens is 1. The predicted molar refractivity (Wildman–Crippen MR) is 64.3 cm³/mol. The van der Waals surface area contributed by atoms with Gasteiger partial charge in [0, 0.05) is 23.5 Å². The summed E-state index contributed by atoms with van der Waals surface area (Å²) in [7, 11) is 0. The molecule has 0 bridgehead atoms. The maximum absolute atomic E-state index is 13.0. The van der Waals surface area contributed by atoms with E-state index in [4.69, 9.17) is 0 Å². The quantitative estimate of drug-likeness (QED) is 0.841. The van der Waals surface area contributed by atoms with E-state index in [2.05, 4.69) is 10.3 Å². The molecule has 2 N–H and O–H groups in total. The van der Waals surface area contributed by atoms with Gasteiger partial charge in [0.25, 0.3) is 0 Å². The first-order valence-electron chi connectivity index (χ1n) is 5.51. The second-order valence-corrected chi connectivity index (χ2v) is 4.03. The molecule has 3 nitrogen and oxygen atoms in total. The number of pyridine rings is 1. The smallest absolute Gasteiger partial charge is 0.194 e. The molecule has 0 aliphatic heterocycles. The monoisotopic (exact) mass is 268 g/mol. The fourth-order valence-corrected chi connectivity index (χ4v) is 1.58. The zero-order valence-electron chi connectivity index (χ0n) is 10.0. The third kappa shape index (κ3) is 2.96. The van der Waals surface area contributed by atoms with Crippen molar-refractivity contribution >= 4 is 5.69 Å². The fourth-order valence-electron chi connectivity index (χ4n) is 1.58. The Hall–Kier alpha value is -2.24. The molecule has 1 heterocycles. The van der Waals surface area contributed by atoms with Crippen LogP contribution in [0, 0.1) is 24.4 Å². The van der Waals surface area contributed by atoms with Gasteiger partial charge in [-0.15, -0.1) is 0 Å². The molecular formula is C13H11F3N2O. The Labute approximate surface area is 107 Å². The highest BCUT2D eigenvalue weighted by Gasteiger charge is 2.11. The number of nitrogens with zero attached hydrogens (tertiary/aromatic N) is 1. The average molecular weight is 268 g/mol. The van der Waals surface area contributed by atoms with E-state index in [-0.39, 0.29) is 18.0 Å². The van der Waals surface area contributed by atoms with Crippen molar-refractivity contribution in [1.29, 1.82) is 0 Å². The lowest BCUT2D eigenvalue weighted by atomic mass is 10.2. The lowest BCUT2D eigenvalue weighted by Gasteiger charge is -2.09. The van der Waals surface area contributed by atoms with Crippen LogP contribution in [0.4, 0.5) is 18.9 Å². The first-order chi connectivity index (χ1) is 8.97. The maximum atomic E-state index is 13.0. The molecule has 0 saturated carbocycles. The van der Waals surface area contributed by atoms with Crippen molar-refractivity contribution < 1.29 is 18.3 Å². The Morgan fingerprint density at radius 2 is 1.79 bits per heavy atom. The molecule has 0 atom stereocenters. The van der Waals surface area contributed by atoms with Crippen molar-refractivity contribution in [2.45, 2.75) is 13.5 Å². The number of hydrogen-bond acceptors (Lipinski definition) is 3. The average Bonchev–Trinajstić information content (AvgIpc) is 2.37. The van der Waals surface area contributed by atoms with E-state index in [0.29, 0.717) is 11.4 Å². The van der Waals surface area contributed by atoms with E-state index in [1.165, 1.54) is 6.07 Å². The number of anilines is 1. The summed E-state index contributed by atoms with van der Waals surface area (Å²) < 4.78 is 38.7. The number of aromatic hydroxyl groups is 1. The van der Waals surface area contributed by atoms with Crippen LogP contribution in [-0.2, 0) is 6.54 Å². The van der Waals surface area contributed by atoms with Gasteiger partial charge in [0.2, 0.25) is 0 Å². The Morgan fingerprint density at radius 3 is 2.42 bits per heavy atom. The number of halogens is 3. The lowest BCUT2D eigenvalue weighted by Crippen LogP contribution is -2.04. The van der Waals surface area contributed by atoms with E-state index in [1.807, 2.05) is 0 Å². The molecule has 1 aromatic carbocycles. The van der Waals surface area contributed by atoms with Gasteiger partial charge in [-0.25, -0.2) is 13.2 Å². The van der Waals surface area contributed by atoms with Crippen LogP contribution in [0.3, 0.4) is 0 Å². The van der Waals surface area contributed by atoms with Crippen LogP contribution in [-0.4, -0.2) is 10.1 Å². The maximum Gasteiger partial charge on any atom is 0.194 e. The van der Waals surface area contributed by atoms with Gasteiger partial charge in [-0.05, 0) is 19.1 Å². The van der Waals surface area contributed by atoms with Crippen LogP contribution in [0.5, 0.6) is 5.75 Å². The van der Waals surface area contributed by atoms with Crippen LogP contribution in [0.25, 0.3) is 0 Å². The van der Waals surface area contributed by atoms with E-state index in [9.17, 15) is 18.3 Å². The van der Waals surface area contributed by atoms with Crippen molar-refractivity contribution in [2.75, 3.05) is 5.32 Å². The van der Waals surface area contributed by atoms with Crippen molar-refractivity contribution in [3.63, 3.8) is 0 Å². The molecule has 0 fully saturated rings. The van der Waals surface area contributed by atoms with Gasteiger partial charge in [-0.1, -0.05) is 0 Å². The molecule has 100 valence electrons. The summed E-state index contributed by atoms with van der Waals surface area (Å²) in [6, 6.07) is 4.79. The summed E-state index contributed by atoms with van der Waals surface area (Å²) in [5.41, 5.74) is 1.11. The Kier molecular flexibility index (Phi) is 3.59. The van der Waals surface area contributed by atoms with Crippen LogP contribution < -0.4 is 5.32 Å². The summed E-state index contributed by atoms with van der Waals surface area (Å²) in [5.74, 6) is -4.09. The van der Waals surface area contributed by atoms with Crippen LogP contribution in [0.1, 0.15) is 11.4 Å². The molecule has 0 aliphatic rings. The fraction of sp³-hybridized carbons (Fsp3) is 0.154. The Morgan fingerprint density at radius 1 is 1.16 bits per heavy atom. The van der Waals surface area contributed by atoms with Crippen LogP contribution in [0.15, 0.2) is 24.3 Å². The number of aryl methyl sites for hydroxylation is 1. The third-order valence-electron chi connectivity index (χ3n) is 2.53. The van der Waals surface area contributed by atoms with Crippen molar-refractivity contribution in [3.8, 4) is 5.75 Å². The first-order valence-corrected chi connectivity index (χ1v) is 5.51. The van der Waals surface area contributed by atoms with Gasteiger partial charge in [0.15, 0.2) is 17.5 Å². The van der Waals surface area contributed by atoms with Gasteiger partial charge in [0.05, 0.1) is 6.54 Å². The molecule has 0 spiro atoms. The third-order valence-corrected chi connectivity index (χ3v) is 2.53. The Bertz CT molecular complexity index is 594. The van der Waals surface area contributed by atoms with Gasteiger partial charge in [-0.3, -0.25) is 4.98 Å². The minimum absolute atomic E-state index is 0.0267. The molecular weight excluding hydrogens is 257 g/mol. The number of hydrogen-bond donors (Lipinski definition) is 2. The summed E-state index contributed by atoms with van der Waals surface area (Å²) in [5, 5.41) is 12.2. The largest absolute Gasteiger partial charge is 0.506 e. The first kappa shape index (κ1) is 13.2. The second-order valence-electron chi connectivity index (χ2n) is 4.03. The molecule has 19 heavy (non-hydrogen) atoms. The van der Waals surface area contributed by atoms with E-state index >= 15 is 0 Å². The number of nitrogens with one attached hydrogen (secondary N) is 1. The van der Waals surface area contributed by atoms with Gasteiger partial charge < -0.3 is 10.4 Å². The van der Waals surface area contributed by atoms with Crippen molar-refractivity contribution in [3.05, 3.63) is 53.1 Å². The molecule has 6 heteroatoms. The number of rotatable bonds is 3. The lowest BCUT2D eigenvalue weighted by molar-refractivity contribution is 0.447. The molecule has 0 amide bonds. The summed E-state index contributed by atoms with van der Waals surface area (Å²) >= 11 is 0. The van der Waals surface area contributed by atoms with Crippen molar-refractivity contribution in [1.82, 2.24) is 4.98 Å². The zero-order chi connectivity index (χ0) is 14.0. The molecule has 2 aromatic rings. The molecule has 1 aromatic heterocycles. The molecule has 0 unspecified atom stereocenters. The summed E-state index contributed by atoms with van der Waals surface area (Å²) in [6.45, 7) is 1.82. The highest BCUT2D eigenvalue weighted by Crippen LogP contribution is 2.20. The highest BCUT2D eigenvalue weighted by molar-refractivity contribution is 5.45. The number of benzene rings is 1. The van der Waals surface area contributed by atoms with Gasteiger partial charge >= 0.3 is 0 Å². The van der Waals surface area contributed by atoms with Crippen LogP contribution in [0.2, 0.25) is 0 Å². The summed E-state index contributed by atoms with van der Waals surface area (Å²) in [4.78, 5) is 4.08. The van der Waals surface area contributed by atoms with Gasteiger partial charge in [0.1, 0.15) is 11.4 Å². The predicted octanol–water partition coefficient (Wildman–Crippen LogP) is 3.13. The van der Waals surface area contributed by atoms with Crippen LogP contribution >= 0.6 is 0 Å². The molecule has 2 rings (SSSR count). The standard InChI is InChI=1S/C13H11F3N2O/c1-7-2-3-12(19)11(18-7)6-17-8-4-9(14)13(16)10(15)5-8/h2-5,17,19H,6H2,1H3. The van der Waals surface area contributed by atoms with E-state index < -0.39 is 17.5 Å². The second kappa shape index (κ2) is 5.17. The van der Waals surface area contributed by atoms with E-state index in [0.717, 1.165) is 12.1 Å². The zero-order valence-corrected chi connectivity index (χ0v) is 10.0.